The Morgan fingerprint density at radius 2 is 2.20 bits per heavy atom. The van der Waals surface area contributed by atoms with E-state index in [1.165, 1.54) is 30.2 Å². The van der Waals surface area contributed by atoms with Crippen LogP contribution < -0.4 is 5.32 Å². The van der Waals surface area contributed by atoms with Crippen molar-refractivity contribution in [2.45, 2.75) is 52.1 Å². The molecule has 0 aromatic heterocycles. The van der Waals surface area contributed by atoms with Crippen LogP contribution in [0.1, 0.15) is 40.0 Å². The van der Waals surface area contributed by atoms with Gasteiger partial charge in [-0.15, -0.1) is 0 Å². The predicted octanol–water partition coefficient (Wildman–Crippen LogP) is 2.89. The van der Waals surface area contributed by atoms with Gasteiger partial charge >= 0.3 is 0 Å². The molecule has 86 valence electrons. The van der Waals surface area contributed by atoms with Crippen molar-refractivity contribution in [2.75, 3.05) is 5.75 Å². The van der Waals surface area contributed by atoms with E-state index in [1.807, 2.05) is 11.8 Å². The van der Waals surface area contributed by atoms with E-state index in [4.69, 9.17) is 4.99 Å². The van der Waals surface area contributed by atoms with E-state index in [0.717, 1.165) is 11.8 Å². The lowest BCUT2D eigenvalue weighted by atomic mass is 9.98. The number of amidine groups is 1. The molecule has 0 amide bonds. The van der Waals surface area contributed by atoms with Crippen LogP contribution >= 0.6 is 11.8 Å². The molecule has 1 saturated carbocycles. The van der Waals surface area contributed by atoms with Gasteiger partial charge in [0.25, 0.3) is 0 Å². The highest BCUT2D eigenvalue weighted by molar-refractivity contribution is 8.14. The first-order chi connectivity index (χ1) is 7.20. The zero-order valence-corrected chi connectivity index (χ0v) is 10.8. The zero-order chi connectivity index (χ0) is 10.8. The summed E-state index contributed by atoms with van der Waals surface area (Å²) in [6.07, 6.45) is 3.85. The molecule has 3 heteroatoms. The molecule has 0 radical (unpaired) electrons. The Morgan fingerprint density at radius 3 is 2.73 bits per heavy atom. The second-order valence-corrected chi connectivity index (χ2v) is 5.98. The van der Waals surface area contributed by atoms with Gasteiger partial charge in [-0.3, -0.25) is 4.99 Å². The maximum atomic E-state index is 4.87. The fourth-order valence-corrected chi connectivity index (χ4v) is 3.54. The van der Waals surface area contributed by atoms with Gasteiger partial charge in [-0.25, -0.2) is 0 Å². The quantitative estimate of drug-likeness (QED) is 0.783. The molecule has 2 nitrogen and oxygen atoms in total. The molecule has 4 atom stereocenters. The molecule has 1 N–H and O–H groups in total. The average molecular weight is 226 g/mol. The fourth-order valence-electron chi connectivity index (χ4n) is 2.40. The Labute approximate surface area is 97.3 Å². The van der Waals surface area contributed by atoms with Crippen molar-refractivity contribution < 1.29 is 0 Å². The summed E-state index contributed by atoms with van der Waals surface area (Å²) < 4.78 is 0. The van der Waals surface area contributed by atoms with Crippen LogP contribution in [0.5, 0.6) is 0 Å². The van der Waals surface area contributed by atoms with Gasteiger partial charge in [0.15, 0.2) is 5.17 Å². The van der Waals surface area contributed by atoms with Crippen LogP contribution in [0.3, 0.4) is 0 Å². The SMILES string of the molecule is CCC1CSC(=NC2CCC(C)C2C)N1. The van der Waals surface area contributed by atoms with Crippen LogP contribution in [0.25, 0.3) is 0 Å². The lowest BCUT2D eigenvalue weighted by Crippen LogP contribution is -2.27. The third-order valence-electron chi connectivity index (χ3n) is 3.95. The van der Waals surface area contributed by atoms with Gasteiger partial charge in [-0.05, 0) is 31.1 Å². The summed E-state index contributed by atoms with van der Waals surface area (Å²) in [6, 6.07) is 1.23. The number of nitrogens with one attached hydrogen (secondary N) is 1. The van der Waals surface area contributed by atoms with Crippen molar-refractivity contribution in [2.24, 2.45) is 16.8 Å². The molecule has 1 saturated heterocycles. The summed E-state index contributed by atoms with van der Waals surface area (Å²) in [5.74, 6) is 2.82. The molecule has 2 rings (SSSR count). The number of hydrogen-bond donors (Lipinski definition) is 1. The summed E-state index contributed by atoms with van der Waals surface area (Å²) in [4.78, 5) is 4.87. The topological polar surface area (TPSA) is 24.4 Å². The monoisotopic (exact) mass is 226 g/mol. The largest absolute Gasteiger partial charge is 0.361 e. The summed E-state index contributed by atoms with van der Waals surface area (Å²) in [6.45, 7) is 6.94. The van der Waals surface area contributed by atoms with Crippen LogP contribution in [0.4, 0.5) is 0 Å². The summed E-state index contributed by atoms with van der Waals surface area (Å²) >= 11 is 1.90. The highest BCUT2D eigenvalue weighted by atomic mass is 32.2. The summed E-state index contributed by atoms with van der Waals surface area (Å²) in [5, 5.41) is 4.72. The van der Waals surface area contributed by atoms with E-state index >= 15 is 0 Å². The van der Waals surface area contributed by atoms with Crippen LogP contribution in [-0.4, -0.2) is 23.0 Å². The van der Waals surface area contributed by atoms with Crippen molar-refractivity contribution in [3.8, 4) is 0 Å². The molecule has 4 unspecified atom stereocenters. The van der Waals surface area contributed by atoms with Gasteiger partial charge < -0.3 is 5.32 Å². The Balaban J connectivity index is 1.93. The van der Waals surface area contributed by atoms with E-state index in [2.05, 4.69) is 26.1 Å². The number of thioether (sulfide) groups is 1. The molecular formula is C12H22N2S. The molecule has 0 spiro atoms. The molecular weight excluding hydrogens is 204 g/mol. The highest BCUT2D eigenvalue weighted by Gasteiger charge is 2.30. The van der Waals surface area contributed by atoms with E-state index in [1.54, 1.807) is 0 Å². The van der Waals surface area contributed by atoms with Crippen molar-refractivity contribution in [1.29, 1.82) is 0 Å². The predicted molar refractivity (Wildman–Crippen MR) is 68.5 cm³/mol. The van der Waals surface area contributed by atoms with Crippen molar-refractivity contribution >= 4 is 16.9 Å². The molecule has 2 aliphatic rings. The van der Waals surface area contributed by atoms with Gasteiger partial charge in [0.1, 0.15) is 0 Å². The minimum atomic E-state index is 0.575. The lowest BCUT2D eigenvalue weighted by molar-refractivity contribution is 0.423. The van der Waals surface area contributed by atoms with Gasteiger partial charge in [-0.1, -0.05) is 32.5 Å². The first kappa shape index (κ1) is 11.3. The fraction of sp³-hybridized carbons (Fsp3) is 0.917. The second-order valence-electron chi connectivity index (χ2n) is 4.98. The second kappa shape index (κ2) is 4.77. The number of hydrogen-bond acceptors (Lipinski definition) is 2. The first-order valence-electron chi connectivity index (χ1n) is 6.17. The number of nitrogens with zero attached hydrogens (tertiary/aromatic N) is 1. The number of aliphatic imine (C=N–C) groups is 1. The van der Waals surface area contributed by atoms with Crippen molar-refractivity contribution in [1.82, 2.24) is 5.32 Å². The van der Waals surface area contributed by atoms with Crippen molar-refractivity contribution in [3.05, 3.63) is 0 Å². The zero-order valence-electron chi connectivity index (χ0n) is 9.99. The standard InChI is InChI=1S/C12H22N2S/c1-4-10-7-15-12(13-10)14-11-6-5-8(2)9(11)3/h8-11H,4-7H2,1-3H3,(H,13,14). The lowest BCUT2D eigenvalue weighted by Gasteiger charge is -2.15. The Bertz CT molecular complexity index is 252. The molecule has 1 heterocycles. The minimum Gasteiger partial charge on any atom is -0.361 e. The molecule has 2 fully saturated rings. The van der Waals surface area contributed by atoms with Crippen LogP contribution in [0.15, 0.2) is 4.99 Å². The molecule has 1 aliphatic heterocycles. The minimum absolute atomic E-state index is 0.575. The molecule has 0 aromatic rings. The summed E-state index contributed by atoms with van der Waals surface area (Å²) in [7, 11) is 0. The normalized spacial score (nSPS) is 43.5. The van der Waals surface area contributed by atoms with E-state index in [-0.39, 0.29) is 0 Å². The molecule has 1 aliphatic carbocycles. The van der Waals surface area contributed by atoms with Gasteiger partial charge in [0, 0.05) is 11.8 Å². The summed E-state index contributed by atoms with van der Waals surface area (Å²) in [5.41, 5.74) is 0. The van der Waals surface area contributed by atoms with Crippen LogP contribution in [0.2, 0.25) is 0 Å². The Morgan fingerprint density at radius 1 is 1.40 bits per heavy atom. The maximum Gasteiger partial charge on any atom is 0.157 e. The van der Waals surface area contributed by atoms with Crippen LogP contribution in [0, 0.1) is 11.8 Å². The third-order valence-corrected chi connectivity index (χ3v) is 5.01. The smallest absolute Gasteiger partial charge is 0.157 e. The number of rotatable bonds is 2. The van der Waals surface area contributed by atoms with Crippen molar-refractivity contribution in [3.63, 3.8) is 0 Å². The Kier molecular flexibility index (Phi) is 3.60. The first-order valence-corrected chi connectivity index (χ1v) is 7.16. The van der Waals surface area contributed by atoms with Gasteiger partial charge in [0.2, 0.25) is 0 Å². The average Bonchev–Trinajstić information content (AvgIpc) is 2.80. The van der Waals surface area contributed by atoms with Gasteiger partial charge in [-0.2, -0.15) is 0 Å². The van der Waals surface area contributed by atoms with E-state index in [0.29, 0.717) is 12.1 Å². The van der Waals surface area contributed by atoms with Crippen LogP contribution in [-0.2, 0) is 0 Å². The molecule has 0 aromatic carbocycles. The molecule has 15 heavy (non-hydrogen) atoms. The van der Waals surface area contributed by atoms with E-state index < -0.39 is 0 Å². The Hall–Kier alpha value is -0.180. The van der Waals surface area contributed by atoms with E-state index in [9.17, 15) is 0 Å². The molecule has 0 bridgehead atoms. The maximum absolute atomic E-state index is 4.87. The highest BCUT2D eigenvalue weighted by Crippen LogP contribution is 2.34. The third kappa shape index (κ3) is 2.49. The van der Waals surface area contributed by atoms with Gasteiger partial charge in [0.05, 0.1) is 6.04 Å².